The van der Waals surface area contributed by atoms with Gasteiger partial charge in [0.05, 0.1) is 13.7 Å². The second kappa shape index (κ2) is 8.81. The van der Waals surface area contributed by atoms with Gasteiger partial charge >= 0.3 is 5.97 Å². The van der Waals surface area contributed by atoms with E-state index in [0.717, 1.165) is 12.8 Å². The number of amides is 2. The summed E-state index contributed by atoms with van der Waals surface area (Å²) in [7, 11) is 2.92. The van der Waals surface area contributed by atoms with Crippen molar-refractivity contribution in [3.63, 3.8) is 0 Å². The van der Waals surface area contributed by atoms with Crippen LogP contribution in [0.25, 0.3) is 0 Å². The lowest BCUT2D eigenvalue weighted by Crippen LogP contribution is -2.30. The van der Waals surface area contributed by atoms with Crippen LogP contribution < -0.4 is 10.1 Å². The van der Waals surface area contributed by atoms with Gasteiger partial charge in [-0.15, -0.1) is 0 Å². The van der Waals surface area contributed by atoms with Crippen LogP contribution in [0.3, 0.4) is 0 Å². The molecule has 0 saturated heterocycles. The smallest absolute Gasteiger partial charge is 0.341 e. The first kappa shape index (κ1) is 20.4. The number of methoxy groups -OCH3 is 1. The fraction of sp³-hybridized carbons (Fsp3) is 0.381. The number of aryl methyl sites for hydroxylation is 1. The summed E-state index contributed by atoms with van der Waals surface area (Å²) < 4.78 is 15.8. The zero-order valence-corrected chi connectivity index (χ0v) is 16.7. The summed E-state index contributed by atoms with van der Waals surface area (Å²) >= 11 is 0. The Morgan fingerprint density at radius 1 is 1.24 bits per heavy atom. The van der Waals surface area contributed by atoms with Gasteiger partial charge in [-0.2, -0.15) is 0 Å². The largest absolute Gasteiger partial charge is 0.484 e. The van der Waals surface area contributed by atoms with E-state index in [4.69, 9.17) is 13.9 Å². The number of ether oxygens (including phenoxy) is 2. The number of carbonyl (C=O) groups is 3. The van der Waals surface area contributed by atoms with Gasteiger partial charge in [-0.05, 0) is 38.0 Å². The van der Waals surface area contributed by atoms with E-state index in [2.05, 4.69) is 5.32 Å². The SMILES string of the molecule is COC(=O)c1cc(CN(C)C(=O)COc2cccc(NC(=O)C3CC3)c2)oc1C. The van der Waals surface area contributed by atoms with E-state index in [1.54, 1.807) is 44.3 Å². The van der Waals surface area contributed by atoms with Crippen LogP contribution >= 0.6 is 0 Å². The Labute approximate surface area is 168 Å². The van der Waals surface area contributed by atoms with Crippen LogP contribution in [0.4, 0.5) is 5.69 Å². The monoisotopic (exact) mass is 400 g/mol. The molecule has 154 valence electrons. The summed E-state index contributed by atoms with van der Waals surface area (Å²) in [6.45, 7) is 1.69. The van der Waals surface area contributed by atoms with E-state index < -0.39 is 5.97 Å². The van der Waals surface area contributed by atoms with Crippen molar-refractivity contribution in [1.29, 1.82) is 0 Å². The van der Waals surface area contributed by atoms with Gasteiger partial charge < -0.3 is 24.1 Å². The molecule has 8 nitrogen and oxygen atoms in total. The molecule has 2 amide bonds. The second-order valence-electron chi connectivity index (χ2n) is 7.00. The zero-order valence-electron chi connectivity index (χ0n) is 16.7. The standard InChI is InChI=1S/C21H24N2O6/c1-13-18(21(26)27-3)10-17(29-13)11-23(2)19(24)12-28-16-6-4-5-15(9-16)22-20(25)14-7-8-14/h4-6,9-10,14H,7-8,11-12H2,1-3H3,(H,22,25). The van der Waals surface area contributed by atoms with Crippen molar-refractivity contribution in [1.82, 2.24) is 4.90 Å². The number of hydrogen-bond acceptors (Lipinski definition) is 6. The minimum Gasteiger partial charge on any atom is -0.484 e. The molecule has 1 saturated carbocycles. The van der Waals surface area contributed by atoms with Crippen molar-refractivity contribution in [2.24, 2.45) is 5.92 Å². The molecule has 0 atom stereocenters. The topological polar surface area (TPSA) is 98.1 Å². The van der Waals surface area contributed by atoms with Gasteiger partial charge in [0.1, 0.15) is 22.8 Å². The molecule has 0 bridgehead atoms. The zero-order chi connectivity index (χ0) is 21.0. The van der Waals surface area contributed by atoms with Crippen LogP contribution in [0, 0.1) is 12.8 Å². The maximum atomic E-state index is 12.4. The first-order valence-corrected chi connectivity index (χ1v) is 9.32. The molecule has 2 aromatic rings. The first-order valence-electron chi connectivity index (χ1n) is 9.32. The van der Waals surface area contributed by atoms with Crippen molar-refractivity contribution >= 4 is 23.5 Å². The summed E-state index contributed by atoms with van der Waals surface area (Å²) in [5.74, 6) is 0.784. The molecule has 1 fully saturated rings. The number of nitrogens with one attached hydrogen (secondary N) is 1. The Kier molecular flexibility index (Phi) is 6.21. The van der Waals surface area contributed by atoms with Crippen LogP contribution in [0.2, 0.25) is 0 Å². The van der Waals surface area contributed by atoms with Crippen molar-refractivity contribution in [3.8, 4) is 5.75 Å². The molecule has 1 aromatic heterocycles. The third-order valence-corrected chi connectivity index (χ3v) is 4.60. The second-order valence-corrected chi connectivity index (χ2v) is 7.00. The molecular weight excluding hydrogens is 376 g/mol. The van der Waals surface area contributed by atoms with Crippen molar-refractivity contribution in [3.05, 3.63) is 47.4 Å². The number of anilines is 1. The fourth-order valence-corrected chi connectivity index (χ4v) is 2.76. The molecular formula is C21H24N2O6. The van der Waals surface area contributed by atoms with Gasteiger partial charge in [0.2, 0.25) is 5.91 Å². The molecule has 3 rings (SSSR count). The molecule has 1 heterocycles. The Morgan fingerprint density at radius 2 is 2.00 bits per heavy atom. The summed E-state index contributed by atoms with van der Waals surface area (Å²) in [5.41, 5.74) is 0.978. The molecule has 29 heavy (non-hydrogen) atoms. The number of hydrogen-bond donors (Lipinski definition) is 1. The first-order chi connectivity index (χ1) is 13.9. The van der Waals surface area contributed by atoms with Crippen molar-refractivity contribution in [2.75, 3.05) is 26.1 Å². The van der Waals surface area contributed by atoms with E-state index in [9.17, 15) is 14.4 Å². The lowest BCUT2D eigenvalue weighted by Gasteiger charge is -2.16. The molecule has 0 aliphatic heterocycles. The van der Waals surface area contributed by atoms with Crippen LogP contribution in [-0.2, 0) is 20.9 Å². The van der Waals surface area contributed by atoms with Gasteiger partial charge in [-0.1, -0.05) is 6.07 Å². The third-order valence-electron chi connectivity index (χ3n) is 4.60. The van der Waals surface area contributed by atoms with E-state index in [-0.39, 0.29) is 30.9 Å². The predicted molar refractivity (Wildman–Crippen MR) is 105 cm³/mol. The molecule has 8 heteroatoms. The van der Waals surface area contributed by atoms with Gasteiger partial charge in [0.15, 0.2) is 6.61 Å². The Balaban J connectivity index is 1.52. The van der Waals surface area contributed by atoms with E-state index in [0.29, 0.717) is 28.5 Å². The minimum atomic E-state index is -0.483. The number of benzene rings is 1. The molecule has 0 spiro atoms. The third kappa shape index (κ3) is 5.37. The number of carbonyl (C=O) groups excluding carboxylic acids is 3. The Morgan fingerprint density at radius 3 is 2.69 bits per heavy atom. The number of rotatable bonds is 8. The molecule has 0 unspecified atom stereocenters. The highest BCUT2D eigenvalue weighted by Crippen LogP contribution is 2.30. The Bertz CT molecular complexity index is 916. The molecule has 1 N–H and O–H groups in total. The van der Waals surface area contributed by atoms with Crippen LogP contribution in [0.5, 0.6) is 5.75 Å². The highest BCUT2D eigenvalue weighted by molar-refractivity contribution is 5.94. The minimum absolute atomic E-state index is 0.0121. The van der Waals surface area contributed by atoms with Crippen LogP contribution in [0.1, 0.15) is 34.7 Å². The average molecular weight is 400 g/mol. The highest BCUT2D eigenvalue weighted by atomic mass is 16.5. The normalized spacial score (nSPS) is 12.9. The molecule has 1 aliphatic rings. The quantitative estimate of drug-likeness (QED) is 0.684. The average Bonchev–Trinajstić information content (AvgIpc) is 3.49. The molecule has 1 aromatic carbocycles. The summed E-state index contributed by atoms with van der Waals surface area (Å²) in [4.78, 5) is 37.3. The number of furan rings is 1. The van der Waals surface area contributed by atoms with Gasteiger partial charge in [-0.25, -0.2) is 4.79 Å². The maximum Gasteiger partial charge on any atom is 0.341 e. The maximum absolute atomic E-state index is 12.4. The molecule has 0 radical (unpaired) electrons. The van der Waals surface area contributed by atoms with Crippen molar-refractivity contribution in [2.45, 2.75) is 26.3 Å². The fourth-order valence-electron chi connectivity index (χ4n) is 2.76. The van der Waals surface area contributed by atoms with Gasteiger partial charge in [-0.3, -0.25) is 9.59 Å². The number of esters is 1. The summed E-state index contributed by atoms with van der Waals surface area (Å²) in [6.07, 6.45) is 1.86. The van der Waals surface area contributed by atoms with Gasteiger partial charge in [0.25, 0.3) is 5.91 Å². The predicted octanol–water partition coefficient (Wildman–Crippen LogP) is 2.76. The Hall–Kier alpha value is -3.29. The summed E-state index contributed by atoms with van der Waals surface area (Å²) in [6, 6.07) is 8.51. The lowest BCUT2D eigenvalue weighted by atomic mass is 10.2. The number of likely N-dealkylation sites (N-methyl/N-ethyl adjacent to an activating group) is 1. The van der Waals surface area contributed by atoms with Gasteiger partial charge in [0, 0.05) is 24.7 Å². The van der Waals surface area contributed by atoms with E-state index >= 15 is 0 Å². The lowest BCUT2D eigenvalue weighted by molar-refractivity contribution is -0.132. The van der Waals surface area contributed by atoms with E-state index in [1.807, 2.05) is 0 Å². The van der Waals surface area contributed by atoms with Crippen molar-refractivity contribution < 1.29 is 28.3 Å². The summed E-state index contributed by atoms with van der Waals surface area (Å²) in [5, 5.41) is 2.84. The highest BCUT2D eigenvalue weighted by Gasteiger charge is 2.29. The number of nitrogens with zero attached hydrogens (tertiary/aromatic N) is 1. The molecule has 1 aliphatic carbocycles. The van der Waals surface area contributed by atoms with Crippen LogP contribution in [-0.4, -0.2) is 43.4 Å². The van der Waals surface area contributed by atoms with Crippen LogP contribution in [0.15, 0.2) is 34.7 Å². The van der Waals surface area contributed by atoms with E-state index in [1.165, 1.54) is 12.0 Å².